The lowest BCUT2D eigenvalue weighted by Crippen LogP contribution is -2.37. The molecule has 0 spiro atoms. The summed E-state index contributed by atoms with van der Waals surface area (Å²) >= 11 is 0. The predicted octanol–water partition coefficient (Wildman–Crippen LogP) is 3.87. The first-order valence-electron chi connectivity index (χ1n) is 9.12. The van der Waals surface area contributed by atoms with Crippen LogP contribution in [0.5, 0.6) is 0 Å². The average Bonchev–Trinajstić information content (AvgIpc) is 3.17. The third kappa shape index (κ3) is 3.84. The van der Waals surface area contributed by atoms with Gasteiger partial charge in [0.05, 0.1) is 19.3 Å². The lowest BCUT2D eigenvalue weighted by Gasteiger charge is -2.32. The third-order valence-corrected chi connectivity index (χ3v) is 4.77. The largest absolute Gasteiger partial charge is 0.371 e. The lowest BCUT2D eigenvalue weighted by molar-refractivity contribution is -0.0355. The van der Waals surface area contributed by atoms with Gasteiger partial charge in [-0.2, -0.15) is 4.98 Å². The Labute approximate surface area is 153 Å². The van der Waals surface area contributed by atoms with Crippen molar-refractivity contribution in [3.63, 3.8) is 0 Å². The van der Waals surface area contributed by atoms with Crippen LogP contribution in [0.4, 0.5) is 0 Å². The minimum absolute atomic E-state index is 0.0916. The molecule has 1 fully saturated rings. The molecule has 1 saturated heterocycles. The highest BCUT2D eigenvalue weighted by Gasteiger charge is 2.23. The van der Waals surface area contributed by atoms with Crippen molar-refractivity contribution >= 4 is 0 Å². The number of ether oxygens (including phenoxy) is 1. The van der Waals surface area contributed by atoms with E-state index in [0.717, 1.165) is 25.1 Å². The number of aromatic nitrogens is 2. The number of nitrogens with zero attached hydrogens (tertiary/aromatic N) is 3. The zero-order valence-corrected chi connectivity index (χ0v) is 15.0. The fraction of sp³-hybridized carbons (Fsp3) is 0.333. The number of rotatable bonds is 5. The summed E-state index contributed by atoms with van der Waals surface area (Å²) in [5.74, 6) is 1.30. The maximum atomic E-state index is 5.92. The number of aryl methyl sites for hydroxylation is 1. The molecule has 0 amide bonds. The van der Waals surface area contributed by atoms with Crippen LogP contribution >= 0.6 is 0 Å². The summed E-state index contributed by atoms with van der Waals surface area (Å²) in [6.07, 6.45) is 1.12. The molecule has 5 heteroatoms. The van der Waals surface area contributed by atoms with E-state index in [0.29, 0.717) is 24.9 Å². The van der Waals surface area contributed by atoms with Gasteiger partial charge >= 0.3 is 0 Å². The first-order chi connectivity index (χ1) is 12.8. The standard InChI is InChI=1S/C21H23N3O2/c1-2-16-8-10-18(11-9-16)21-22-20(26-23-21)15-24-12-13-25-19(14-24)17-6-4-3-5-7-17/h3-11,19H,2,12-15H2,1H3. The van der Waals surface area contributed by atoms with Gasteiger partial charge in [0.1, 0.15) is 0 Å². The molecule has 2 heterocycles. The van der Waals surface area contributed by atoms with E-state index < -0.39 is 0 Å². The van der Waals surface area contributed by atoms with Gasteiger partial charge in [-0.15, -0.1) is 0 Å². The molecule has 134 valence electrons. The van der Waals surface area contributed by atoms with Crippen molar-refractivity contribution in [3.8, 4) is 11.4 Å². The van der Waals surface area contributed by atoms with Gasteiger partial charge in [0, 0.05) is 18.7 Å². The molecular formula is C21H23N3O2. The van der Waals surface area contributed by atoms with Crippen molar-refractivity contribution in [3.05, 3.63) is 71.6 Å². The van der Waals surface area contributed by atoms with Crippen molar-refractivity contribution < 1.29 is 9.26 Å². The fourth-order valence-electron chi connectivity index (χ4n) is 3.23. The molecule has 1 aromatic heterocycles. The Morgan fingerprint density at radius 3 is 2.65 bits per heavy atom. The van der Waals surface area contributed by atoms with Crippen molar-refractivity contribution in [1.82, 2.24) is 15.0 Å². The molecule has 2 aromatic carbocycles. The molecular weight excluding hydrogens is 326 g/mol. The third-order valence-electron chi connectivity index (χ3n) is 4.77. The zero-order chi connectivity index (χ0) is 17.8. The van der Waals surface area contributed by atoms with Crippen molar-refractivity contribution in [2.45, 2.75) is 26.0 Å². The molecule has 3 aromatic rings. The monoisotopic (exact) mass is 349 g/mol. The Kier molecular flexibility index (Phi) is 5.09. The van der Waals surface area contributed by atoms with Crippen LogP contribution in [0, 0.1) is 0 Å². The minimum atomic E-state index is 0.0916. The van der Waals surface area contributed by atoms with Crippen LogP contribution in [0.2, 0.25) is 0 Å². The summed E-state index contributed by atoms with van der Waals surface area (Å²) in [5.41, 5.74) is 3.50. The molecule has 1 atom stereocenters. The number of morpholine rings is 1. The maximum absolute atomic E-state index is 5.92. The second-order valence-electron chi connectivity index (χ2n) is 6.57. The summed E-state index contributed by atoms with van der Waals surface area (Å²) in [7, 11) is 0. The normalized spacial score (nSPS) is 18.1. The highest BCUT2D eigenvalue weighted by Crippen LogP contribution is 2.23. The quantitative estimate of drug-likeness (QED) is 0.700. The van der Waals surface area contributed by atoms with Gasteiger partial charge in [0.25, 0.3) is 0 Å². The summed E-state index contributed by atoms with van der Waals surface area (Å²) in [5, 5.41) is 4.14. The summed E-state index contributed by atoms with van der Waals surface area (Å²) < 4.78 is 11.4. The molecule has 0 N–H and O–H groups in total. The fourth-order valence-corrected chi connectivity index (χ4v) is 3.23. The zero-order valence-electron chi connectivity index (χ0n) is 15.0. The first-order valence-corrected chi connectivity index (χ1v) is 9.12. The van der Waals surface area contributed by atoms with E-state index in [1.54, 1.807) is 0 Å². The van der Waals surface area contributed by atoms with Gasteiger partial charge in [0.15, 0.2) is 0 Å². The topological polar surface area (TPSA) is 51.4 Å². The van der Waals surface area contributed by atoms with Crippen molar-refractivity contribution in [1.29, 1.82) is 0 Å². The van der Waals surface area contributed by atoms with Crippen LogP contribution in [0.25, 0.3) is 11.4 Å². The molecule has 0 saturated carbocycles. The van der Waals surface area contributed by atoms with Crippen molar-refractivity contribution in [2.24, 2.45) is 0 Å². The molecule has 1 aliphatic rings. The first kappa shape index (κ1) is 16.9. The molecule has 0 bridgehead atoms. The van der Waals surface area contributed by atoms with E-state index in [1.807, 2.05) is 30.3 Å². The van der Waals surface area contributed by atoms with Crippen LogP contribution in [0.1, 0.15) is 30.0 Å². The Hall–Kier alpha value is -2.50. The van der Waals surface area contributed by atoms with Crippen LogP contribution in [-0.2, 0) is 17.7 Å². The number of benzene rings is 2. The van der Waals surface area contributed by atoms with Crippen LogP contribution in [-0.4, -0.2) is 34.7 Å². The van der Waals surface area contributed by atoms with Gasteiger partial charge in [-0.25, -0.2) is 0 Å². The van der Waals surface area contributed by atoms with Crippen LogP contribution < -0.4 is 0 Å². The smallest absolute Gasteiger partial charge is 0.241 e. The van der Waals surface area contributed by atoms with E-state index in [1.165, 1.54) is 11.1 Å². The summed E-state index contributed by atoms with van der Waals surface area (Å²) in [6.45, 7) is 5.19. The number of hydrogen-bond acceptors (Lipinski definition) is 5. The van der Waals surface area contributed by atoms with Gasteiger partial charge in [-0.05, 0) is 17.5 Å². The van der Waals surface area contributed by atoms with Crippen LogP contribution in [0.15, 0.2) is 59.1 Å². The highest BCUT2D eigenvalue weighted by atomic mass is 16.5. The van der Waals surface area contributed by atoms with E-state index in [4.69, 9.17) is 9.26 Å². The second-order valence-corrected chi connectivity index (χ2v) is 6.57. The SMILES string of the molecule is CCc1ccc(-c2noc(CN3CCOC(c4ccccc4)C3)n2)cc1. The molecule has 0 aliphatic carbocycles. The van der Waals surface area contributed by atoms with Gasteiger partial charge in [-0.1, -0.05) is 66.7 Å². The summed E-state index contributed by atoms with van der Waals surface area (Å²) in [6, 6.07) is 18.7. The Morgan fingerprint density at radius 2 is 1.88 bits per heavy atom. The second kappa shape index (κ2) is 7.81. The molecule has 1 unspecified atom stereocenters. The minimum Gasteiger partial charge on any atom is -0.371 e. The maximum Gasteiger partial charge on any atom is 0.241 e. The van der Waals surface area contributed by atoms with E-state index in [9.17, 15) is 0 Å². The average molecular weight is 349 g/mol. The number of hydrogen-bond donors (Lipinski definition) is 0. The van der Waals surface area contributed by atoms with Crippen molar-refractivity contribution in [2.75, 3.05) is 19.7 Å². The molecule has 26 heavy (non-hydrogen) atoms. The Morgan fingerprint density at radius 1 is 1.08 bits per heavy atom. The predicted molar refractivity (Wildman–Crippen MR) is 99.5 cm³/mol. The van der Waals surface area contributed by atoms with Crippen LogP contribution in [0.3, 0.4) is 0 Å². The molecule has 0 radical (unpaired) electrons. The Bertz CT molecular complexity index is 830. The highest BCUT2D eigenvalue weighted by molar-refractivity contribution is 5.54. The van der Waals surface area contributed by atoms with Gasteiger partial charge in [0.2, 0.25) is 11.7 Å². The summed E-state index contributed by atoms with van der Waals surface area (Å²) in [4.78, 5) is 6.87. The van der Waals surface area contributed by atoms with Gasteiger partial charge < -0.3 is 9.26 Å². The molecule has 1 aliphatic heterocycles. The van der Waals surface area contributed by atoms with Gasteiger partial charge in [-0.3, -0.25) is 4.90 Å². The Balaban J connectivity index is 1.42. The lowest BCUT2D eigenvalue weighted by atomic mass is 10.1. The molecule has 4 rings (SSSR count). The van der Waals surface area contributed by atoms with E-state index in [-0.39, 0.29) is 6.10 Å². The van der Waals surface area contributed by atoms with E-state index in [2.05, 4.69) is 46.2 Å². The van der Waals surface area contributed by atoms with E-state index >= 15 is 0 Å². The molecule has 5 nitrogen and oxygen atoms in total.